The van der Waals surface area contributed by atoms with Gasteiger partial charge in [0.25, 0.3) is 0 Å². The highest BCUT2D eigenvalue weighted by Crippen LogP contribution is 2.36. The molecule has 21 heavy (non-hydrogen) atoms. The van der Waals surface area contributed by atoms with Crippen molar-refractivity contribution in [1.82, 2.24) is 5.32 Å². The number of hydrogen-bond acceptors (Lipinski definition) is 2. The Kier molecular flexibility index (Phi) is 5.79. The average molecular weight is 417 g/mol. The van der Waals surface area contributed by atoms with E-state index < -0.39 is 0 Å². The number of methoxy groups -OCH3 is 1. The van der Waals surface area contributed by atoms with Crippen LogP contribution in [0.1, 0.15) is 24.1 Å². The number of ether oxygens (including phenoxy) is 1. The summed E-state index contributed by atoms with van der Waals surface area (Å²) >= 11 is 6.83. The Labute approximate surface area is 141 Å². The highest BCUT2D eigenvalue weighted by molar-refractivity contribution is 9.10. The maximum atomic E-state index is 13.8. The van der Waals surface area contributed by atoms with Crippen molar-refractivity contribution in [2.75, 3.05) is 13.7 Å². The van der Waals surface area contributed by atoms with Gasteiger partial charge in [-0.3, -0.25) is 0 Å². The number of halogens is 3. The van der Waals surface area contributed by atoms with Gasteiger partial charge in [0, 0.05) is 10.0 Å². The standard InChI is InChI=1S/C16H16Br2FNO/c1-3-20-16(11-5-4-6-13(19)15(11)18)12-9-10(17)7-8-14(12)21-2/h4-9,16,20H,3H2,1-2H3. The molecule has 0 aromatic heterocycles. The van der Waals surface area contributed by atoms with Crippen molar-refractivity contribution in [1.29, 1.82) is 0 Å². The summed E-state index contributed by atoms with van der Waals surface area (Å²) < 4.78 is 20.7. The normalized spacial score (nSPS) is 12.2. The minimum atomic E-state index is -0.274. The number of hydrogen-bond donors (Lipinski definition) is 1. The van der Waals surface area contributed by atoms with Crippen LogP contribution in [-0.2, 0) is 0 Å². The molecule has 1 N–H and O–H groups in total. The zero-order valence-electron chi connectivity index (χ0n) is 11.8. The minimum absolute atomic E-state index is 0.160. The van der Waals surface area contributed by atoms with Gasteiger partial charge in [-0.2, -0.15) is 0 Å². The monoisotopic (exact) mass is 415 g/mol. The molecule has 1 atom stereocenters. The van der Waals surface area contributed by atoms with Crippen LogP contribution < -0.4 is 10.1 Å². The molecule has 5 heteroatoms. The van der Waals surface area contributed by atoms with Crippen molar-refractivity contribution in [2.24, 2.45) is 0 Å². The Morgan fingerprint density at radius 1 is 1.19 bits per heavy atom. The number of nitrogens with one attached hydrogen (secondary N) is 1. The molecule has 2 rings (SSSR count). The molecule has 1 unspecified atom stereocenters. The Balaban J connectivity index is 2.58. The topological polar surface area (TPSA) is 21.3 Å². The Bertz CT molecular complexity index is 634. The molecule has 0 fully saturated rings. The van der Waals surface area contributed by atoms with Crippen LogP contribution in [0.2, 0.25) is 0 Å². The van der Waals surface area contributed by atoms with E-state index in [1.165, 1.54) is 6.07 Å². The van der Waals surface area contributed by atoms with E-state index in [0.29, 0.717) is 4.47 Å². The molecule has 112 valence electrons. The summed E-state index contributed by atoms with van der Waals surface area (Å²) in [6.07, 6.45) is 0. The lowest BCUT2D eigenvalue weighted by atomic mass is 9.97. The first kappa shape index (κ1) is 16.5. The third kappa shape index (κ3) is 3.65. The second-order valence-corrected chi connectivity index (χ2v) is 6.23. The fourth-order valence-corrected chi connectivity index (χ4v) is 3.14. The first-order valence-corrected chi connectivity index (χ1v) is 8.17. The van der Waals surface area contributed by atoms with Gasteiger partial charge in [-0.15, -0.1) is 0 Å². The SMILES string of the molecule is CCNC(c1cc(Br)ccc1OC)c1cccc(F)c1Br. The van der Waals surface area contributed by atoms with Crippen LogP contribution >= 0.6 is 31.9 Å². The molecule has 0 aliphatic rings. The summed E-state index contributed by atoms with van der Waals surface area (Å²) in [6, 6.07) is 10.7. The Morgan fingerprint density at radius 2 is 1.95 bits per heavy atom. The quantitative estimate of drug-likeness (QED) is 0.735. The van der Waals surface area contributed by atoms with Gasteiger partial charge in [-0.05, 0) is 52.3 Å². The average Bonchev–Trinajstić information content (AvgIpc) is 2.48. The van der Waals surface area contributed by atoms with Crippen LogP contribution in [0.3, 0.4) is 0 Å². The van der Waals surface area contributed by atoms with Crippen LogP contribution in [0.25, 0.3) is 0 Å². The summed E-state index contributed by atoms with van der Waals surface area (Å²) in [6.45, 7) is 2.77. The summed E-state index contributed by atoms with van der Waals surface area (Å²) in [5, 5.41) is 3.39. The van der Waals surface area contributed by atoms with Gasteiger partial charge in [0.05, 0.1) is 17.6 Å². The molecule has 0 heterocycles. The van der Waals surface area contributed by atoms with E-state index in [1.54, 1.807) is 13.2 Å². The third-order valence-electron chi connectivity index (χ3n) is 3.20. The zero-order chi connectivity index (χ0) is 15.4. The van der Waals surface area contributed by atoms with Gasteiger partial charge in [-0.25, -0.2) is 4.39 Å². The fraction of sp³-hybridized carbons (Fsp3) is 0.250. The van der Waals surface area contributed by atoms with Crippen molar-refractivity contribution in [3.05, 3.63) is 62.3 Å². The molecule has 0 amide bonds. The second-order valence-electron chi connectivity index (χ2n) is 4.52. The van der Waals surface area contributed by atoms with Crippen LogP contribution in [0, 0.1) is 5.82 Å². The van der Waals surface area contributed by atoms with Gasteiger partial charge < -0.3 is 10.1 Å². The molecular weight excluding hydrogens is 401 g/mol. The lowest BCUT2D eigenvalue weighted by molar-refractivity contribution is 0.404. The molecule has 2 aromatic carbocycles. The predicted molar refractivity (Wildman–Crippen MR) is 90.3 cm³/mol. The molecule has 0 spiro atoms. The molecule has 0 saturated heterocycles. The highest BCUT2D eigenvalue weighted by Gasteiger charge is 2.21. The first-order valence-electron chi connectivity index (χ1n) is 6.59. The van der Waals surface area contributed by atoms with Gasteiger partial charge >= 0.3 is 0 Å². The van der Waals surface area contributed by atoms with E-state index >= 15 is 0 Å². The predicted octanol–water partition coefficient (Wildman–Crippen LogP) is 5.06. The van der Waals surface area contributed by atoms with Crippen LogP contribution in [0.15, 0.2) is 45.3 Å². The summed E-state index contributed by atoms with van der Waals surface area (Å²) in [4.78, 5) is 0. The molecule has 0 saturated carbocycles. The zero-order valence-corrected chi connectivity index (χ0v) is 15.0. The molecule has 0 radical (unpaired) electrons. The third-order valence-corrected chi connectivity index (χ3v) is 4.53. The van der Waals surface area contributed by atoms with E-state index in [4.69, 9.17) is 4.74 Å². The van der Waals surface area contributed by atoms with Crippen molar-refractivity contribution in [2.45, 2.75) is 13.0 Å². The smallest absolute Gasteiger partial charge is 0.137 e. The van der Waals surface area contributed by atoms with E-state index in [-0.39, 0.29) is 11.9 Å². The van der Waals surface area contributed by atoms with Crippen molar-refractivity contribution < 1.29 is 9.13 Å². The van der Waals surface area contributed by atoms with Crippen LogP contribution in [-0.4, -0.2) is 13.7 Å². The molecule has 0 aliphatic carbocycles. The second kappa shape index (κ2) is 7.38. The first-order chi connectivity index (χ1) is 10.1. The van der Waals surface area contributed by atoms with Crippen molar-refractivity contribution in [3.63, 3.8) is 0 Å². The molecule has 0 bridgehead atoms. The highest BCUT2D eigenvalue weighted by atomic mass is 79.9. The minimum Gasteiger partial charge on any atom is -0.496 e. The van der Waals surface area contributed by atoms with Crippen LogP contribution in [0.5, 0.6) is 5.75 Å². The van der Waals surface area contributed by atoms with Gasteiger partial charge in [0.1, 0.15) is 11.6 Å². The van der Waals surface area contributed by atoms with Gasteiger partial charge in [0.2, 0.25) is 0 Å². The largest absolute Gasteiger partial charge is 0.496 e. The lowest BCUT2D eigenvalue weighted by Crippen LogP contribution is -2.23. The van der Waals surface area contributed by atoms with E-state index in [9.17, 15) is 4.39 Å². The van der Waals surface area contributed by atoms with Gasteiger partial charge in [0.15, 0.2) is 0 Å². The Hall–Kier alpha value is -0.910. The lowest BCUT2D eigenvalue weighted by Gasteiger charge is -2.23. The maximum absolute atomic E-state index is 13.8. The molecule has 2 aromatic rings. The fourth-order valence-electron chi connectivity index (χ4n) is 2.27. The summed E-state index contributed by atoms with van der Waals surface area (Å²) in [7, 11) is 1.64. The van der Waals surface area contributed by atoms with Gasteiger partial charge in [-0.1, -0.05) is 35.0 Å². The summed E-state index contributed by atoms with van der Waals surface area (Å²) in [5.74, 6) is 0.490. The summed E-state index contributed by atoms with van der Waals surface area (Å²) in [5.41, 5.74) is 1.80. The number of rotatable bonds is 5. The van der Waals surface area contributed by atoms with E-state index in [0.717, 1.165) is 27.9 Å². The molecule has 0 aliphatic heterocycles. The van der Waals surface area contributed by atoms with E-state index in [1.807, 2.05) is 31.2 Å². The van der Waals surface area contributed by atoms with Crippen molar-refractivity contribution >= 4 is 31.9 Å². The van der Waals surface area contributed by atoms with Crippen LogP contribution in [0.4, 0.5) is 4.39 Å². The van der Waals surface area contributed by atoms with Crippen molar-refractivity contribution in [3.8, 4) is 5.75 Å². The Morgan fingerprint density at radius 3 is 2.62 bits per heavy atom. The molecular formula is C16H16Br2FNO. The molecule has 2 nitrogen and oxygen atoms in total. The number of benzene rings is 2. The maximum Gasteiger partial charge on any atom is 0.137 e. The van der Waals surface area contributed by atoms with E-state index in [2.05, 4.69) is 37.2 Å².